The van der Waals surface area contributed by atoms with E-state index in [1.165, 1.54) is 4.31 Å². The summed E-state index contributed by atoms with van der Waals surface area (Å²) in [6, 6.07) is -0.371. The van der Waals surface area contributed by atoms with Crippen LogP contribution in [0.25, 0.3) is 0 Å². The highest BCUT2D eigenvalue weighted by atomic mass is 79.9. The van der Waals surface area contributed by atoms with Crippen LogP contribution in [0.3, 0.4) is 0 Å². The second kappa shape index (κ2) is 5.93. The molecule has 0 aromatic carbocycles. The van der Waals surface area contributed by atoms with Crippen molar-refractivity contribution in [2.24, 2.45) is 11.5 Å². The van der Waals surface area contributed by atoms with Crippen molar-refractivity contribution in [3.05, 3.63) is 32.4 Å². The van der Waals surface area contributed by atoms with Gasteiger partial charge in [0.15, 0.2) is 0 Å². The van der Waals surface area contributed by atoms with Gasteiger partial charge in [-0.25, -0.2) is 8.42 Å². The molecule has 8 nitrogen and oxygen atoms in total. The maximum Gasteiger partial charge on any atom is 0.266 e. The number of nitrogens with zero attached hydrogens (tertiary/aromatic N) is 1. The van der Waals surface area contributed by atoms with Crippen LogP contribution in [-0.2, 0) is 19.6 Å². The smallest absolute Gasteiger partial charge is 0.266 e. The number of allylic oxidation sites excluding steroid dienone is 2. The number of rotatable bonds is 3. The van der Waals surface area contributed by atoms with Crippen LogP contribution in [0.5, 0.6) is 0 Å². The number of carbonyl (C=O) groups is 1. The molecule has 126 valence electrons. The first-order valence-electron chi connectivity index (χ1n) is 7.07. The Hall–Kier alpha value is -1.36. The second-order valence-corrected chi connectivity index (χ2v) is 8.19. The fourth-order valence-corrected chi connectivity index (χ4v) is 5.08. The van der Waals surface area contributed by atoms with E-state index in [1.54, 1.807) is 6.08 Å². The summed E-state index contributed by atoms with van der Waals surface area (Å²) in [5.74, 6) is -0.804. The first-order valence-corrected chi connectivity index (χ1v) is 9.30. The van der Waals surface area contributed by atoms with Gasteiger partial charge in [0.2, 0.25) is 10.0 Å². The number of primary amides is 1. The maximum atomic E-state index is 13.0. The Morgan fingerprint density at radius 3 is 2.65 bits per heavy atom. The van der Waals surface area contributed by atoms with Crippen LogP contribution >= 0.6 is 15.9 Å². The molecule has 0 aromatic heterocycles. The number of nitrogens with one attached hydrogen (secondary N) is 1. The predicted octanol–water partition coefficient (Wildman–Crippen LogP) is -0.788. The van der Waals surface area contributed by atoms with Crippen molar-refractivity contribution in [3.63, 3.8) is 0 Å². The number of nitrogens with two attached hydrogens (primary N) is 2. The number of hydrogen-bond donors (Lipinski definition) is 3. The second-order valence-electron chi connectivity index (χ2n) is 5.46. The standard InChI is InChI=1S/C13H17BrN4O4S/c14-8-5-7-10(6-9(8)15)17-11(13(16)19)12(7)23(20,21)18-1-3-22-4-2-18/h5,10,17H,1-4,6,15H2,(H2,16,19). The van der Waals surface area contributed by atoms with Crippen LogP contribution in [0, 0.1) is 0 Å². The van der Waals surface area contributed by atoms with Gasteiger partial charge in [0, 0.05) is 29.7 Å². The Morgan fingerprint density at radius 2 is 2.04 bits per heavy atom. The van der Waals surface area contributed by atoms with Gasteiger partial charge in [-0.1, -0.05) is 0 Å². The molecule has 0 radical (unpaired) electrons. The van der Waals surface area contributed by atoms with Crippen molar-refractivity contribution in [3.8, 4) is 0 Å². The summed E-state index contributed by atoms with van der Waals surface area (Å²) in [6.45, 7) is 1.14. The molecule has 3 rings (SSSR count). The average Bonchev–Trinajstić information content (AvgIpc) is 2.88. The molecular formula is C13H17BrN4O4S. The number of halogens is 1. The van der Waals surface area contributed by atoms with E-state index in [4.69, 9.17) is 16.2 Å². The van der Waals surface area contributed by atoms with Gasteiger partial charge in [-0.15, -0.1) is 0 Å². The molecule has 0 saturated carbocycles. The summed E-state index contributed by atoms with van der Waals surface area (Å²) < 4.78 is 33.1. The third kappa shape index (κ3) is 2.80. The molecule has 0 spiro atoms. The van der Waals surface area contributed by atoms with Crippen molar-refractivity contribution >= 4 is 31.9 Å². The van der Waals surface area contributed by atoms with E-state index in [1.807, 2.05) is 0 Å². The topological polar surface area (TPSA) is 128 Å². The van der Waals surface area contributed by atoms with Crippen LogP contribution in [-0.4, -0.2) is 51.0 Å². The van der Waals surface area contributed by atoms with E-state index in [-0.39, 0.29) is 29.7 Å². The Morgan fingerprint density at radius 1 is 1.39 bits per heavy atom. The van der Waals surface area contributed by atoms with Gasteiger partial charge in [-0.05, 0) is 27.6 Å². The van der Waals surface area contributed by atoms with Crippen LogP contribution < -0.4 is 16.8 Å². The fraction of sp³-hybridized carbons (Fsp3) is 0.462. The van der Waals surface area contributed by atoms with Crippen molar-refractivity contribution in [1.82, 2.24) is 9.62 Å². The number of morpholine rings is 1. The Bertz CT molecular complexity index is 750. The first-order chi connectivity index (χ1) is 10.8. The quantitative estimate of drug-likeness (QED) is 0.565. The molecule has 1 atom stereocenters. The van der Waals surface area contributed by atoms with Gasteiger partial charge >= 0.3 is 0 Å². The zero-order chi connectivity index (χ0) is 16.8. The molecule has 1 saturated heterocycles. The summed E-state index contributed by atoms with van der Waals surface area (Å²) in [6.07, 6.45) is 2.03. The molecule has 3 aliphatic rings. The largest absolute Gasteiger partial charge is 0.401 e. The molecule has 1 unspecified atom stereocenters. The van der Waals surface area contributed by atoms with E-state index in [0.29, 0.717) is 35.4 Å². The monoisotopic (exact) mass is 404 g/mol. The molecule has 5 N–H and O–H groups in total. The van der Waals surface area contributed by atoms with E-state index < -0.39 is 15.9 Å². The lowest BCUT2D eigenvalue weighted by Crippen LogP contribution is -2.42. The minimum Gasteiger partial charge on any atom is -0.401 e. The number of hydrogen-bond acceptors (Lipinski definition) is 6. The van der Waals surface area contributed by atoms with Crippen molar-refractivity contribution in [2.45, 2.75) is 12.5 Å². The number of ether oxygens (including phenoxy) is 1. The molecule has 0 aromatic rings. The van der Waals surface area contributed by atoms with E-state index in [0.717, 1.165) is 0 Å². The third-order valence-electron chi connectivity index (χ3n) is 4.01. The van der Waals surface area contributed by atoms with Crippen LogP contribution in [0.4, 0.5) is 0 Å². The van der Waals surface area contributed by atoms with Crippen molar-refractivity contribution in [1.29, 1.82) is 0 Å². The molecule has 1 amide bonds. The molecule has 10 heteroatoms. The normalized spacial score (nSPS) is 26.0. The zero-order valence-electron chi connectivity index (χ0n) is 12.2. The van der Waals surface area contributed by atoms with Crippen LogP contribution in [0.1, 0.15) is 6.42 Å². The van der Waals surface area contributed by atoms with Crippen LogP contribution in [0.15, 0.2) is 32.4 Å². The predicted molar refractivity (Wildman–Crippen MR) is 87.3 cm³/mol. The molecule has 0 bridgehead atoms. The number of amides is 1. The van der Waals surface area contributed by atoms with Crippen molar-refractivity contribution < 1.29 is 17.9 Å². The number of fused-ring (bicyclic) bond motifs is 1. The van der Waals surface area contributed by atoms with E-state index in [9.17, 15) is 13.2 Å². The van der Waals surface area contributed by atoms with Crippen molar-refractivity contribution in [2.75, 3.05) is 26.3 Å². The van der Waals surface area contributed by atoms with Gasteiger partial charge in [-0.2, -0.15) is 4.31 Å². The highest BCUT2D eigenvalue weighted by Crippen LogP contribution is 2.38. The van der Waals surface area contributed by atoms with Crippen LogP contribution in [0.2, 0.25) is 0 Å². The number of carbonyl (C=O) groups excluding carboxylic acids is 1. The lowest BCUT2D eigenvalue weighted by atomic mass is 9.99. The highest BCUT2D eigenvalue weighted by molar-refractivity contribution is 9.11. The molecule has 23 heavy (non-hydrogen) atoms. The summed E-state index contributed by atoms with van der Waals surface area (Å²) >= 11 is 3.32. The first kappa shape index (κ1) is 16.5. The van der Waals surface area contributed by atoms with Gasteiger partial charge in [0.1, 0.15) is 10.6 Å². The molecule has 2 heterocycles. The summed E-state index contributed by atoms with van der Waals surface area (Å²) in [4.78, 5) is 11.7. The minimum absolute atomic E-state index is 0.0543. The fourth-order valence-electron chi connectivity index (χ4n) is 2.87. The van der Waals surface area contributed by atoms with Gasteiger partial charge in [-0.3, -0.25) is 4.79 Å². The maximum absolute atomic E-state index is 13.0. The van der Waals surface area contributed by atoms with Gasteiger partial charge in [0.05, 0.1) is 19.3 Å². The number of sulfonamides is 1. The summed E-state index contributed by atoms with van der Waals surface area (Å²) in [5.41, 5.74) is 12.3. The van der Waals surface area contributed by atoms with E-state index in [2.05, 4.69) is 21.2 Å². The molecule has 2 aliphatic heterocycles. The van der Waals surface area contributed by atoms with Gasteiger partial charge < -0.3 is 21.5 Å². The Balaban J connectivity index is 2.10. The molecular weight excluding hydrogens is 388 g/mol. The highest BCUT2D eigenvalue weighted by Gasteiger charge is 2.43. The SMILES string of the molecule is NC(=O)C1=C(S(=O)(=O)N2CCOCC2)C2=CC(Br)=C(N)CC2N1. The van der Waals surface area contributed by atoms with E-state index >= 15 is 0 Å². The van der Waals surface area contributed by atoms with Gasteiger partial charge in [0.25, 0.3) is 5.91 Å². The Kier molecular flexibility index (Phi) is 4.25. The average molecular weight is 405 g/mol. The summed E-state index contributed by atoms with van der Waals surface area (Å²) in [5, 5.41) is 2.90. The molecule has 1 fully saturated rings. The third-order valence-corrected chi connectivity index (χ3v) is 6.75. The zero-order valence-corrected chi connectivity index (χ0v) is 14.6. The molecule has 1 aliphatic carbocycles. The lowest BCUT2D eigenvalue weighted by molar-refractivity contribution is -0.114. The Labute approximate surface area is 142 Å². The minimum atomic E-state index is -3.85. The lowest BCUT2D eigenvalue weighted by Gasteiger charge is -2.28. The summed E-state index contributed by atoms with van der Waals surface area (Å²) in [7, 11) is -3.85.